The smallest absolute Gasteiger partial charge is 0.261 e. The molecule has 35 heavy (non-hydrogen) atoms. The maximum Gasteiger partial charge on any atom is 0.261 e. The van der Waals surface area contributed by atoms with E-state index >= 15 is 0 Å². The fourth-order valence-electron chi connectivity index (χ4n) is 5.51. The number of carbonyl (C=O) groups is 1. The van der Waals surface area contributed by atoms with Crippen LogP contribution in [0.2, 0.25) is 23.2 Å². The van der Waals surface area contributed by atoms with Gasteiger partial charge in [0, 0.05) is 6.42 Å². The fourth-order valence-corrected chi connectivity index (χ4v) is 13.0. The number of ether oxygens (including phenoxy) is 1. The maximum absolute atomic E-state index is 11.5. The van der Waals surface area contributed by atoms with Gasteiger partial charge in [-0.15, -0.1) is 0 Å². The van der Waals surface area contributed by atoms with Crippen molar-refractivity contribution >= 4 is 33.3 Å². The molecule has 3 rings (SSSR count). The number of carbonyl (C=O) groups excluding carboxylic acids is 1. The Morgan fingerprint density at radius 3 is 1.80 bits per heavy atom. The lowest BCUT2D eigenvalue weighted by atomic mass is 10.0. The quantitative estimate of drug-likeness (QED) is 0.196. The second kappa shape index (κ2) is 11.2. The zero-order valence-electron chi connectivity index (χ0n) is 22.7. The highest BCUT2D eigenvalue weighted by Gasteiger charge is 2.55. The maximum atomic E-state index is 11.5. The highest BCUT2D eigenvalue weighted by atomic mass is 28.4. The first kappa shape index (κ1) is 28.0. The van der Waals surface area contributed by atoms with Gasteiger partial charge in [-0.25, -0.2) is 0 Å². The summed E-state index contributed by atoms with van der Waals surface area (Å²) in [6, 6.07) is 24.7. The summed E-state index contributed by atoms with van der Waals surface area (Å²) >= 11 is 0. The largest absolute Gasteiger partial charge is 0.412 e. The van der Waals surface area contributed by atoms with Crippen LogP contribution in [-0.4, -0.2) is 47.3 Å². The summed E-state index contributed by atoms with van der Waals surface area (Å²) in [7, 11) is -4.57. The van der Waals surface area contributed by atoms with Crippen LogP contribution in [0.5, 0.6) is 0 Å². The minimum absolute atomic E-state index is 0.0969. The third-order valence-corrected chi connectivity index (χ3v) is 17.7. The summed E-state index contributed by atoms with van der Waals surface area (Å²) in [5.41, 5.74) is -0.462. The Morgan fingerprint density at radius 2 is 1.43 bits per heavy atom. The van der Waals surface area contributed by atoms with E-state index in [0.29, 0.717) is 13.0 Å². The summed E-state index contributed by atoms with van der Waals surface area (Å²) in [4.78, 5) is 11.5. The van der Waals surface area contributed by atoms with Crippen LogP contribution in [0.4, 0.5) is 0 Å². The van der Waals surface area contributed by atoms with E-state index in [9.17, 15) is 4.79 Å². The molecule has 1 heterocycles. The summed E-state index contributed by atoms with van der Waals surface area (Å²) < 4.78 is 20.0. The molecule has 0 spiro atoms. The van der Waals surface area contributed by atoms with Crippen LogP contribution in [-0.2, 0) is 18.4 Å². The average Bonchev–Trinajstić information content (AvgIpc) is 3.52. The molecule has 3 atom stereocenters. The molecule has 0 unspecified atom stereocenters. The van der Waals surface area contributed by atoms with Gasteiger partial charge in [-0.05, 0) is 40.5 Å². The van der Waals surface area contributed by atoms with Gasteiger partial charge in [0.25, 0.3) is 8.32 Å². The van der Waals surface area contributed by atoms with Gasteiger partial charge < -0.3 is 18.4 Å². The highest BCUT2D eigenvalue weighted by molar-refractivity contribution is 6.99. The predicted molar refractivity (Wildman–Crippen MR) is 150 cm³/mol. The van der Waals surface area contributed by atoms with Crippen molar-refractivity contribution in [3.63, 3.8) is 0 Å². The zero-order valence-corrected chi connectivity index (χ0v) is 24.7. The third-order valence-electron chi connectivity index (χ3n) is 7.95. The van der Waals surface area contributed by atoms with Gasteiger partial charge in [0.1, 0.15) is 11.7 Å². The molecule has 0 aromatic heterocycles. The van der Waals surface area contributed by atoms with E-state index in [4.69, 9.17) is 13.6 Å². The number of epoxide rings is 1. The van der Waals surface area contributed by atoms with Crippen LogP contribution in [0, 0.1) is 0 Å². The van der Waals surface area contributed by atoms with Gasteiger partial charge >= 0.3 is 0 Å². The molecule has 1 fully saturated rings. The predicted octanol–water partition coefficient (Wildman–Crippen LogP) is 5.70. The lowest BCUT2D eigenvalue weighted by molar-refractivity contribution is -0.108. The van der Waals surface area contributed by atoms with Crippen molar-refractivity contribution in [2.75, 3.05) is 6.61 Å². The second-order valence-corrected chi connectivity index (χ2v) is 20.2. The van der Waals surface area contributed by atoms with E-state index in [1.165, 1.54) is 10.4 Å². The first-order valence-electron chi connectivity index (χ1n) is 13.2. The molecule has 2 aromatic rings. The normalized spacial score (nSPS) is 21.5. The highest BCUT2D eigenvalue weighted by Crippen LogP contribution is 2.42. The van der Waals surface area contributed by atoms with E-state index in [1.54, 1.807) is 0 Å². The SMILES string of the molecule is CC[Si](CC)(CC)O[C@H](CO[Si](c1ccccc1)(c1ccccc1)C(C)(C)C)C[C@@]1(C)O[C@@H]1C=O. The molecule has 1 saturated heterocycles. The molecule has 192 valence electrons. The van der Waals surface area contributed by atoms with Crippen molar-refractivity contribution in [3.05, 3.63) is 60.7 Å². The number of hydrogen-bond donors (Lipinski definition) is 0. The Kier molecular flexibility index (Phi) is 8.98. The standard InChI is InChI=1S/C29H44O4Si2/c1-8-34(9-2,10-3)33-24(21-29(7)27(22-30)32-29)23-31-35(28(4,5)6,25-17-13-11-14-18-25)26-19-15-12-16-20-26/h11-20,22,24,27H,8-10,21,23H2,1-7H3/t24-,27+,29+/m0/s1. The van der Waals surface area contributed by atoms with Crippen LogP contribution in [0.1, 0.15) is 54.9 Å². The van der Waals surface area contributed by atoms with Crippen molar-refractivity contribution in [1.29, 1.82) is 0 Å². The molecule has 0 saturated carbocycles. The summed E-state index contributed by atoms with van der Waals surface area (Å²) in [5.74, 6) is 0. The summed E-state index contributed by atoms with van der Waals surface area (Å²) in [6.45, 7) is 16.2. The van der Waals surface area contributed by atoms with Gasteiger partial charge in [0.2, 0.25) is 0 Å². The number of benzene rings is 2. The molecule has 4 nitrogen and oxygen atoms in total. The van der Waals surface area contributed by atoms with Gasteiger partial charge in [-0.3, -0.25) is 0 Å². The topological polar surface area (TPSA) is 48.1 Å². The van der Waals surface area contributed by atoms with E-state index < -0.39 is 22.2 Å². The Morgan fingerprint density at radius 1 is 0.943 bits per heavy atom. The van der Waals surface area contributed by atoms with Crippen molar-refractivity contribution in [1.82, 2.24) is 0 Å². The lowest BCUT2D eigenvalue weighted by Gasteiger charge is -2.44. The summed E-state index contributed by atoms with van der Waals surface area (Å²) in [6.07, 6.45) is 1.13. The molecular weight excluding hydrogens is 468 g/mol. The van der Waals surface area contributed by atoms with Crippen molar-refractivity contribution in [2.45, 2.75) is 95.9 Å². The molecule has 6 heteroatoms. The van der Waals surface area contributed by atoms with Crippen molar-refractivity contribution < 1.29 is 18.4 Å². The molecular formula is C29H44O4Si2. The van der Waals surface area contributed by atoms with Crippen LogP contribution < -0.4 is 10.4 Å². The van der Waals surface area contributed by atoms with Crippen LogP contribution in [0.3, 0.4) is 0 Å². The molecule has 2 aromatic carbocycles. The molecule has 0 aliphatic carbocycles. The van der Waals surface area contributed by atoms with Crippen LogP contribution in [0.25, 0.3) is 0 Å². The molecule has 0 N–H and O–H groups in total. The minimum atomic E-state index is -2.67. The molecule has 1 aliphatic rings. The fraction of sp³-hybridized carbons (Fsp3) is 0.552. The minimum Gasteiger partial charge on any atom is -0.412 e. The average molecular weight is 513 g/mol. The van der Waals surface area contributed by atoms with Gasteiger partial charge in [-0.1, -0.05) is 102 Å². The van der Waals surface area contributed by atoms with E-state index in [1.807, 2.05) is 6.92 Å². The van der Waals surface area contributed by atoms with Crippen LogP contribution in [0.15, 0.2) is 60.7 Å². The zero-order chi connectivity index (χ0) is 25.7. The van der Waals surface area contributed by atoms with Crippen LogP contribution >= 0.6 is 0 Å². The van der Waals surface area contributed by atoms with E-state index in [2.05, 4.69) is 102 Å². The number of aldehydes is 1. The molecule has 0 radical (unpaired) electrons. The van der Waals surface area contributed by atoms with Gasteiger partial charge in [-0.2, -0.15) is 0 Å². The lowest BCUT2D eigenvalue weighted by Crippen LogP contribution is -2.67. The van der Waals surface area contributed by atoms with Crippen molar-refractivity contribution in [3.8, 4) is 0 Å². The summed E-state index contributed by atoms with van der Waals surface area (Å²) in [5, 5.41) is 2.43. The van der Waals surface area contributed by atoms with E-state index in [-0.39, 0.29) is 17.2 Å². The van der Waals surface area contributed by atoms with Gasteiger partial charge in [0.05, 0.1) is 12.7 Å². The Balaban J connectivity index is 2.01. The number of rotatable bonds is 13. The van der Waals surface area contributed by atoms with Crippen molar-refractivity contribution in [2.24, 2.45) is 0 Å². The Labute approximate surface area is 214 Å². The third kappa shape index (κ3) is 5.88. The monoisotopic (exact) mass is 512 g/mol. The first-order valence-corrected chi connectivity index (χ1v) is 17.6. The molecule has 0 bridgehead atoms. The molecule has 0 amide bonds. The Bertz CT molecular complexity index is 892. The van der Waals surface area contributed by atoms with Gasteiger partial charge in [0.15, 0.2) is 14.6 Å². The second-order valence-electron chi connectivity index (χ2n) is 11.1. The number of hydrogen-bond acceptors (Lipinski definition) is 4. The Hall–Kier alpha value is -1.58. The molecule has 1 aliphatic heterocycles. The first-order chi connectivity index (χ1) is 16.6. The van der Waals surface area contributed by atoms with E-state index in [0.717, 1.165) is 24.4 Å².